The van der Waals surface area contributed by atoms with Crippen molar-refractivity contribution in [3.05, 3.63) is 45.7 Å². The molecule has 0 bridgehead atoms. The number of aryl methyl sites for hydroxylation is 1. The molecule has 2 aromatic rings. The van der Waals surface area contributed by atoms with Crippen molar-refractivity contribution in [2.75, 3.05) is 0 Å². The number of hydrogen-bond acceptors (Lipinski definition) is 1. The zero-order valence-corrected chi connectivity index (χ0v) is 12.2. The Morgan fingerprint density at radius 3 is 2.75 bits per heavy atom. The summed E-state index contributed by atoms with van der Waals surface area (Å²) in [5.41, 5.74) is 3.60. The Bertz CT molecular complexity index is 650. The highest BCUT2D eigenvalue weighted by Gasteiger charge is 2.18. The standard InChI is InChI=1S/C18H23NO/c1-2-3-6-13-9-10-16-15(11-13)18(20)12-17(19-16)14-7-4-5-8-14/h9-12,14H,2-8H2,1H3,(H,19,20). The topological polar surface area (TPSA) is 32.9 Å². The summed E-state index contributed by atoms with van der Waals surface area (Å²) in [6.45, 7) is 2.20. The molecule has 0 aliphatic heterocycles. The lowest BCUT2D eigenvalue weighted by Gasteiger charge is -2.11. The van der Waals surface area contributed by atoms with E-state index in [0.29, 0.717) is 5.92 Å². The zero-order valence-electron chi connectivity index (χ0n) is 12.2. The van der Waals surface area contributed by atoms with Crippen LogP contribution in [0.5, 0.6) is 0 Å². The van der Waals surface area contributed by atoms with Gasteiger partial charge in [-0.3, -0.25) is 4.79 Å². The zero-order chi connectivity index (χ0) is 13.9. The maximum atomic E-state index is 12.4. The van der Waals surface area contributed by atoms with Gasteiger partial charge in [-0.1, -0.05) is 32.3 Å². The van der Waals surface area contributed by atoms with E-state index in [1.807, 2.05) is 6.07 Å². The molecule has 106 valence electrons. The number of aromatic nitrogens is 1. The van der Waals surface area contributed by atoms with Gasteiger partial charge in [0, 0.05) is 22.7 Å². The van der Waals surface area contributed by atoms with Crippen LogP contribution in [-0.4, -0.2) is 4.98 Å². The van der Waals surface area contributed by atoms with Crippen LogP contribution < -0.4 is 5.43 Å². The lowest BCUT2D eigenvalue weighted by Crippen LogP contribution is -2.08. The van der Waals surface area contributed by atoms with E-state index in [1.54, 1.807) is 0 Å². The summed E-state index contributed by atoms with van der Waals surface area (Å²) in [5, 5.41) is 0.848. The molecule has 1 aliphatic rings. The summed E-state index contributed by atoms with van der Waals surface area (Å²) >= 11 is 0. The maximum absolute atomic E-state index is 12.4. The van der Waals surface area contributed by atoms with Crippen LogP contribution in [-0.2, 0) is 6.42 Å². The van der Waals surface area contributed by atoms with Crippen LogP contribution in [0.3, 0.4) is 0 Å². The normalized spacial score (nSPS) is 16.1. The third kappa shape index (κ3) is 2.65. The van der Waals surface area contributed by atoms with Crippen molar-refractivity contribution in [2.24, 2.45) is 0 Å². The van der Waals surface area contributed by atoms with Gasteiger partial charge in [-0.15, -0.1) is 0 Å². The fourth-order valence-corrected chi connectivity index (χ4v) is 3.31. The van der Waals surface area contributed by atoms with Crippen molar-refractivity contribution in [1.82, 2.24) is 4.98 Å². The van der Waals surface area contributed by atoms with E-state index in [9.17, 15) is 4.79 Å². The van der Waals surface area contributed by atoms with Crippen molar-refractivity contribution < 1.29 is 0 Å². The lowest BCUT2D eigenvalue weighted by molar-refractivity contribution is 0.700. The van der Waals surface area contributed by atoms with E-state index in [4.69, 9.17) is 0 Å². The van der Waals surface area contributed by atoms with E-state index in [-0.39, 0.29) is 5.43 Å². The smallest absolute Gasteiger partial charge is 0.189 e. The molecule has 1 N–H and O–H groups in total. The Morgan fingerprint density at radius 2 is 2.00 bits per heavy atom. The molecule has 1 aliphatic carbocycles. The molecule has 1 fully saturated rings. The second-order valence-corrected chi connectivity index (χ2v) is 6.05. The molecule has 1 heterocycles. The van der Waals surface area contributed by atoms with E-state index in [2.05, 4.69) is 30.1 Å². The van der Waals surface area contributed by atoms with Crippen molar-refractivity contribution in [3.63, 3.8) is 0 Å². The fourth-order valence-electron chi connectivity index (χ4n) is 3.31. The molecule has 2 heteroatoms. The molecule has 0 amide bonds. The van der Waals surface area contributed by atoms with Crippen molar-refractivity contribution in [2.45, 2.75) is 57.8 Å². The second kappa shape index (κ2) is 5.82. The van der Waals surface area contributed by atoms with Crippen LogP contribution in [0, 0.1) is 0 Å². The SMILES string of the molecule is CCCCc1ccc2[nH]c(C3CCCC3)cc(=O)c2c1. The molecule has 1 aromatic heterocycles. The van der Waals surface area contributed by atoms with Gasteiger partial charge in [0.15, 0.2) is 5.43 Å². The Hall–Kier alpha value is -1.57. The first kappa shape index (κ1) is 13.4. The molecule has 20 heavy (non-hydrogen) atoms. The number of unbranched alkanes of at least 4 members (excludes halogenated alkanes) is 1. The minimum atomic E-state index is 0.180. The predicted octanol–water partition coefficient (Wildman–Crippen LogP) is 4.53. The highest BCUT2D eigenvalue weighted by molar-refractivity contribution is 5.79. The number of aromatic amines is 1. The minimum absolute atomic E-state index is 0.180. The first-order chi connectivity index (χ1) is 9.78. The molecule has 3 rings (SSSR count). The number of nitrogens with one attached hydrogen (secondary N) is 1. The first-order valence-electron chi connectivity index (χ1n) is 7.94. The van der Waals surface area contributed by atoms with Crippen LogP contribution in [0.2, 0.25) is 0 Å². The number of H-pyrrole nitrogens is 1. The van der Waals surface area contributed by atoms with Gasteiger partial charge < -0.3 is 4.98 Å². The number of rotatable bonds is 4. The molecule has 0 spiro atoms. The highest BCUT2D eigenvalue weighted by atomic mass is 16.1. The summed E-state index contributed by atoms with van der Waals surface area (Å²) in [7, 11) is 0. The summed E-state index contributed by atoms with van der Waals surface area (Å²) in [5.74, 6) is 0.562. The minimum Gasteiger partial charge on any atom is -0.358 e. The van der Waals surface area contributed by atoms with E-state index < -0.39 is 0 Å². The Morgan fingerprint density at radius 1 is 1.20 bits per heavy atom. The van der Waals surface area contributed by atoms with Gasteiger partial charge in [-0.25, -0.2) is 0 Å². The van der Waals surface area contributed by atoms with Gasteiger partial charge in [-0.2, -0.15) is 0 Å². The molecule has 0 unspecified atom stereocenters. The number of hydrogen-bond donors (Lipinski definition) is 1. The average Bonchev–Trinajstić information content (AvgIpc) is 2.99. The van der Waals surface area contributed by atoms with E-state index in [1.165, 1.54) is 44.1 Å². The number of fused-ring (bicyclic) bond motifs is 1. The largest absolute Gasteiger partial charge is 0.358 e. The molecule has 2 nitrogen and oxygen atoms in total. The fraction of sp³-hybridized carbons (Fsp3) is 0.500. The molecule has 0 radical (unpaired) electrons. The van der Waals surface area contributed by atoms with E-state index in [0.717, 1.165) is 23.0 Å². The van der Waals surface area contributed by atoms with E-state index >= 15 is 0 Å². The lowest BCUT2D eigenvalue weighted by atomic mass is 10.0. The summed E-state index contributed by atoms with van der Waals surface area (Å²) < 4.78 is 0. The van der Waals surface area contributed by atoms with Crippen LogP contribution in [0.15, 0.2) is 29.1 Å². The average molecular weight is 269 g/mol. The third-order valence-corrected chi connectivity index (χ3v) is 4.53. The third-order valence-electron chi connectivity index (χ3n) is 4.53. The van der Waals surface area contributed by atoms with Gasteiger partial charge in [0.1, 0.15) is 0 Å². The highest BCUT2D eigenvalue weighted by Crippen LogP contribution is 2.33. The van der Waals surface area contributed by atoms with Crippen LogP contribution >= 0.6 is 0 Å². The maximum Gasteiger partial charge on any atom is 0.189 e. The molecular weight excluding hydrogens is 246 g/mol. The Kier molecular flexibility index (Phi) is 3.90. The molecular formula is C18H23NO. The quantitative estimate of drug-likeness (QED) is 0.869. The second-order valence-electron chi connectivity index (χ2n) is 6.05. The van der Waals surface area contributed by atoms with Gasteiger partial charge in [0.05, 0.1) is 0 Å². The molecule has 1 saturated carbocycles. The van der Waals surface area contributed by atoms with Gasteiger partial charge in [0.2, 0.25) is 0 Å². The summed E-state index contributed by atoms with van der Waals surface area (Å²) in [6.07, 6.45) is 8.46. The first-order valence-corrected chi connectivity index (χ1v) is 7.94. The predicted molar refractivity (Wildman–Crippen MR) is 84.4 cm³/mol. The number of pyridine rings is 1. The van der Waals surface area contributed by atoms with Crippen molar-refractivity contribution in [1.29, 1.82) is 0 Å². The van der Waals surface area contributed by atoms with Crippen molar-refractivity contribution in [3.8, 4) is 0 Å². The molecule has 1 aromatic carbocycles. The molecule has 0 atom stereocenters. The number of benzene rings is 1. The summed E-state index contributed by atoms with van der Waals surface area (Å²) in [4.78, 5) is 15.9. The van der Waals surface area contributed by atoms with Crippen molar-refractivity contribution >= 4 is 10.9 Å². The van der Waals surface area contributed by atoms with Gasteiger partial charge in [0.25, 0.3) is 0 Å². The van der Waals surface area contributed by atoms with Crippen LogP contribution in [0.1, 0.15) is 62.6 Å². The van der Waals surface area contributed by atoms with Gasteiger partial charge in [-0.05, 0) is 49.3 Å². The Labute approximate surface area is 120 Å². The Balaban J connectivity index is 1.98. The molecule has 0 saturated heterocycles. The van der Waals surface area contributed by atoms with Crippen LogP contribution in [0.25, 0.3) is 10.9 Å². The summed E-state index contributed by atoms with van der Waals surface area (Å²) in [6, 6.07) is 8.15. The van der Waals surface area contributed by atoms with Gasteiger partial charge >= 0.3 is 0 Å². The van der Waals surface area contributed by atoms with Crippen LogP contribution in [0.4, 0.5) is 0 Å². The monoisotopic (exact) mass is 269 g/mol.